The van der Waals surface area contributed by atoms with Crippen molar-refractivity contribution in [2.24, 2.45) is 0 Å². The number of likely N-dealkylation sites (N-methyl/N-ethyl adjacent to an activating group) is 1. The number of aromatic amines is 1. The van der Waals surface area contributed by atoms with Crippen molar-refractivity contribution in [2.45, 2.75) is 32.0 Å². The van der Waals surface area contributed by atoms with Gasteiger partial charge in [-0.2, -0.15) is 5.10 Å². The van der Waals surface area contributed by atoms with Gasteiger partial charge in [0.2, 0.25) is 0 Å². The lowest BCUT2D eigenvalue weighted by Crippen LogP contribution is -2.43. The van der Waals surface area contributed by atoms with E-state index < -0.39 is 5.60 Å². The Labute approximate surface area is 137 Å². The van der Waals surface area contributed by atoms with Crippen LogP contribution in [0.3, 0.4) is 0 Å². The largest absolute Gasteiger partial charge is 0.387 e. The second-order valence-corrected chi connectivity index (χ2v) is 6.86. The molecule has 0 bridgehead atoms. The van der Waals surface area contributed by atoms with Crippen LogP contribution in [0.2, 0.25) is 0 Å². The minimum absolute atomic E-state index is 0.624. The molecular weight excluding hydrogens is 288 g/mol. The van der Waals surface area contributed by atoms with Gasteiger partial charge in [-0.25, -0.2) is 0 Å². The number of benzene rings is 1. The van der Waals surface area contributed by atoms with Crippen molar-refractivity contribution in [3.8, 4) is 0 Å². The molecule has 1 saturated heterocycles. The highest BCUT2D eigenvalue weighted by Crippen LogP contribution is 2.24. The lowest BCUT2D eigenvalue weighted by molar-refractivity contribution is 0.0161. The van der Waals surface area contributed by atoms with Gasteiger partial charge in [-0.3, -0.25) is 14.9 Å². The first-order valence-electron chi connectivity index (χ1n) is 8.20. The zero-order valence-electron chi connectivity index (χ0n) is 14.0. The first-order valence-corrected chi connectivity index (χ1v) is 8.20. The first-order chi connectivity index (χ1) is 11.0. The summed E-state index contributed by atoms with van der Waals surface area (Å²) in [6.45, 7) is 6.11. The number of β-amino-alcohol motifs (C(OH)–C–C–N with tert-alkyl or cyclic N) is 1. The zero-order valence-corrected chi connectivity index (χ0v) is 14.0. The number of nitrogens with zero attached hydrogens (tertiary/aromatic N) is 3. The maximum Gasteiger partial charge on any atom is 0.0912 e. The van der Waals surface area contributed by atoms with E-state index in [1.54, 1.807) is 0 Å². The molecule has 5 nitrogen and oxygen atoms in total. The standard InChI is InChI=1S/C18H26N4O/c1-15-17(10-19-20-15)12-21(2)13-18(23)8-9-22(14-18)11-16-6-4-3-5-7-16/h3-7,10,23H,8-9,11-14H2,1-2H3,(H,19,20). The van der Waals surface area contributed by atoms with Crippen molar-refractivity contribution >= 4 is 0 Å². The maximum atomic E-state index is 10.9. The highest BCUT2D eigenvalue weighted by atomic mass is 16.3. The Morgan fingerprint density at radius 1 is 1.35 bits per heavy atom. The Bertz CT molecular complexity index is 627. The molecule has 1 atom stereocenters. The van der Waals surface area contributed by atoms with E-state index in [1.807, 2.05) is 19.2 Å². The average Bonchev–Trinajstić information content (AvgIpc) is 3.07. The van der Waals surface area contributed by atoms with Crippen LogP contribution in [0, 0.1) is 6.92 Å². The number of nitrogens with one attached hydrogen (secondary N) is 1. The molecule has 1 fully saturated rings. The fraction of sp³-hybridized carbons (Fsp3) is 0.500. The minimum atomic E-state index is -0.624. The van der Waals surface area contributed by atoms with E-state index in [0.29, 0.717) is 6.54 Å². The normalized spacial score (nSPS) is 22.1. The van der Waals surface area contributed by atoms with Gasteiger partial charge < -0.3 is 5.11 Å². The van der Waals surface area contributed by atoms with Gasteiger partial charge in [-0.1, -0.05) is 30.3 Å². The van der Waals surface area contributed by atoms with Crippen molar-refractivity contribution in [3.05, 3.63) is 53.3 Å². The smallest absolute Gasteiger partial charge is 0.0912 e. The summed E-state index contributed by atoms with van der Waals surface area (Å²) in [7, 11) is 2.06. The van der Waals surface area contributed by atoms with Crippen molar-refractivity contribution in [1.29, 1.82) is 0 Å². The van der Waals surface area contributed by atoms with E-state index in [1.165, 1.54) is 11.1 Å². The Hall–Kier alpha value is -1.69. The highest BCUT2D eigenvalue weighted by molar-refractivity contribution is 5.15. The minimum Gasteiger partial charge on any atom is -0.387 e. The lowest BCUT2D eigenvalue weighted by Gasteiger charge is -2.29. The van der Waals surface area contributed by atoms with Gasteiger partial charge in [0, 0.05) is 44.0 Å². The third kappa shape index (κ3) is 4.19. The summed E-state index contributed by atoms with van der Waals surface area (Å²) >= 11 is 0. The van der Waals surface area contributed by atoms with Crippen molar-refractivity contribution in [2.75, 3.05) is 26.7 Å². The van der Waals surface area contributed by atoms with Crippen LogP contribution in [0.4, 0.5) is 0 Å². The third-order valence-corrected chi connectivity index (χ3v) is 4.60. The molecule has 0 spiro atoms. The van der Waals surface area contributed by atoms with Crippen LogP contribution in [0.15, 0.2) is 36.5 Å². The highest BCUT2D eigenvalue weighted by Gasteiger charge is 2.36. The molecule has 1 aliphatic rings. The summed E-state index contributed by atoms with van der Waals surface area (Å²) in [4.78, 5) is 4.52. The van der Waals surface area contributed by atoms with E-state index in [-0.39, 0.29) is 0 Å². The van der Waals surface area contributed by atoms with Crippen LogP contribution in [-0.4, -0.2) is 57.4 Å². The van der Waals surface area contributed by atoms with Crippen LogP contribution >= 0.6 is 0 Å². The van der Waals surface area contributed by atoms with Gasteiger partial charge in [0.15, 0.2) is 0 Å². The molecule has 1 unspecified atom stereocenters. The Morgan fingerprint density at radius 3 is 2.83 bits per heavy atom. The summed E-state index contributed by atoms with van der Waals surface area (Å²) in [5.41, 5.74) is 2.97. The van der Waals surface area contributed by atoms with Gasteiger partial charge in [0.25, 0.3) is 0 Å². The Kier molecular flexibility index (Phi) is 4.80. The van der Waals surface area contributed by atoms with Crippen LogP contribution in [0.1, 0.15) is 23.2 Å². The van der Waals surface area contributed by atoms with Crippen molar-refractivity contribution in [3.63, 3.8) is 0 Å². The van der Waals surface area contributed by atoms with Crippen molar-refractivity contribution < 1.29 is 5.11 Å². The molecular formula is C18H26N4O. The number of aromatic nitrogens is 2. The van der Waals surface area contributed by atoms with E-state index in [0.717, 1.165) is 38.3 Å². The Balaban J connectivity index is 1.53. The van der Waals surface area contributed by atoms with Gasteiger partial charge in [-0.15, -0.1) is 0 Å². The molecule has 1 aromatic carbocycles. The molecule has 2 aromatic rings. The molecule has 1 aromatic heterocycles. The van der Waals surface area contributed by atoms with Gasteiger partial charge >= 0.3 is 0 Å². The van der Waals surface area contributed by atoms with Gasteiger partial charge in [0.1, 0.15) is 0 Å². The monoisotopic (exact) mass is 314 g/mol. The Morgan fingerprint density at radius 2 is 2.13 bits per heavy atom. The third-order valence-electron chi connectivity index (χ3n) is 4.60. The summed E-state index contributed by atoms with van der Waals surface area (Å²) in [6.07, 6.45) is 2.70. The number of aliphatic hydroxyl groups is 1. The predicted octanol–water partition coefficient (Wildman–Crippen LogP) is 1.79. The molecule has 2 N–H and O–H groups in total. The summed E-state index contributed by atoms with van der Waals surface area (Å²) in [5, 5.41) is 17.9. The number of likely N-dealkylation sites (tertiary alicyclic amines) is 1. The summed E-state index contributed by atoms with van der Waals surface area (Å²) in [5.74, 6) is 0. The van der Waals surface area contributed by atoms with Crippen LogP contribution in [0.5, 0.6) is 0 Å². The number of H-pyrrole nitrogens is 1. The fourth-order valence-corrected chi connectivity index (χ4v) is 3.43. The second-order valence-electron chi connectivity index (χ2n) is 6.86. The fourth-order valence-electron chi connectivity index (χ4n) is 3.43. The molecule has 5 heteroatoms. The van der Waals surface area contributed by atoms with E-state index >= 15 is 0 Å². The maximum absolute atomic E-state index is 10.9. The van der Waals surface area contributed by atoms with E-state index in [9.17, 15) is 5.11 Å². The molecule has 23 heavy (non-hydrogen) atoms. The molecule has 124 valence electrons. The second kappa shape index (κ2) is 6.83. The number of hydrogen-bond donors (Lipinski definition) is 2. The van der Waals surface area contributed by atoms with Gasteiger partial charge in [0.05, 0.1) is 11.8 Å². The molecule has 0 radical (unpaired) electrons. The molecule has 2 heterocycles. The number of aryl methyl sites for hydroxylation is 1. The van der Waals surface area contributed by atoms with Gasteiger partial charge in [-0.05, 0) is 26.0 Å². The molecule has 0 saturated carbocycles. The lowest BCUT2D eigenvalue weighted by atomic mass is 10.0. The zero-order chi connectivity index (χ0) is 16.3. The average molecular weight is 314 g/mol. The quantitative estimate of drug-likeness (QED) is 0.853. The first kappa shape index (κ1) is 16.2. The molecule has 1 aliphatic heterocycles. The topological polar surface area (TPSA) is 55.4 Å². The molecule has 3 rings (SSSR count). The SMILES string of the molecule is Cc1[nH]ncc1CN(C)CC1(O)CCN(Cc2ccccc2)C1. The van der Waals surface area contributed by atoms with Crippen molar-refractivity contribution in [1.82, 2.24) is 20.0 Å². The number of hydrogen-bond acceptors (Lipinski definition) is 4. The summed E-state index contributed by atoms with van der Waals surface area (Å²) < 4.78 is 0. The van der Waals surface area contributed by atoms with Crippen LogP contribution in [-0.2, 0) is 13.1 Å². The van der Waals surface area contributed by atoms with E-state index in [2.05, 4.69) is 51.3 Å². The van der Waals surface area contributed by atoms with Crippen LogP contribution in [0.25, 0.3) is 0 Å². The number of rotatable bonds is 6. The summed E-state index contributed by atoms with van der Waals surface area (Å²) in [6, 6.07) is 10.5. The van der Waals surface area contributed by atoms with E-state index in [4.69, 9.17) is 0 Å². The van der Waals surface area contributed by atoms with Crippen LogP contribution < -0.4 is 0 Å². The molecule has 0 amide bonds. The molecule has 0 aliphatic carbocycles. The predicted molar refractivity (Wildman–Crippen MR) is 90.9 cm³/mol.